The quantitative estimate of drug-likeness (QED) is 0.539. The number of carbonyl (C=O) groups is 2. The van der Waals surface area contributed by atoms with E-state index in [1.54, 1.807) is 25.3 Å². The Bertz CT molecular complexity index is 855. The van der Waals surface area contributed by atoms with Crippen LogP contribution < -0.4 is 20.7 Å². The molecule has 7 heteroatoms. The first-order valence-electron chi connectivity index (χ1n) is 11.1. The van der Waals surface area contributed by atoms with E-state index in [2.05, 4.69) is 22.9 Å². The van der Waals surface area contributed by atoms with Gasteiger partial charge in [-0.1, -0.05) is 37.1 Å². The molecule has 0 bridgehead atoms. The van der Waals surface area contributed by atoms with E-state index in [4.69, 9.17) is 4.74 Å². The summed E-state index contributed by atoms with van der Waals surface area (Å²) in [6.07, 6.45) is 5.11. The highest BCUT2D eigenvalue weighted by Gasteiger charge is 2.19. The number of carbonyl (C=O) groups excluding carboxylic acids is 2. The minimum Gasteiger partial charge on any atom is -0.496 e. The van der Waals surface area contributed by atoms with Gasteiger partial charge in [0.05, 0.1) is 7.11 Å². The van der Waals surface area contributed by atoms with Gasteiger partial charge in [0, 0.05) is 49.3 Å². The van der Waals surface area contributed by atoms with E-state index in [0.717, 1.165) is 5.56 Å². The Balaban J connectivity index is 0.000000229. The molecule has 1 unspecified atom stereocenters. The van der Waals surface area contributed by atoms with E-state index >= 15 is 0 Å². The number of ether oxygens (including phenoxy) is 1. The molecule has 2 aromatic rings. The van der Waals surface area contributed by atoms with Crippen LogP contribution in [0.1, 0.15) is 61.5 Å². The van der Waals surface area contributed by atoms with Crippen molar-refractivity contribution < 1.29 is 18.7 Å². The van der Waals surface area contributed by atoms with Crippen LogP contribution in [-0.4, -0.2) is 38.1 Å². The zero-order valence-corrected chi connectivity index (χ0v) is 19.1. The van der Waals surface area contributed by atoms with Gasteiger partial charge in [0.1, 0.15) is 11.6 Å². The van der Waals surface area contributed by atoms with Crippen molar-refractivity contribution in [3.05, 3.63) is 65.5 Å². The van der Waals surface area contributed by atoms with E-state index in [1.165, 1.54) is 44.7 Å². The summed E-state index contributed by atoms with van der Waals surface area (Å²) in [5.41, 5.74) is 1.65. The summed E-state index contributed by atoms with van der Waals surface area (Å²) in [4.78, 5) is 22.0. The van der Waals surface area contributed by atoms with Gasteiger partial charge in [-0.3, -0.25) is 9.59 Å². The Kier molecular flexibility index (Phi) is 10.7. The largest absolute Gasteiger partial charge is 0.496 e. The van der Waals surface area contributed by atoms with E-state index in [9.17, 15) is 14.0 Å². The van der Waals surface area contributed by atoms with Crippen molar-refractivity contribution in [1.29, 1.82) is 0 Å². The second-order valence-corrected chi connectivity index (χ2v) is 7.86. The summed E-state index contributed by atoms with van der Waals surface area (Å²) in [5, 5.41) is 8.89. The second kappa shape index (κ2) is 13.5. The Hall–Kier alpha value is -2.93. The first kappa shape index (κ1) is 25.3. The molecular formula is C25H34FN3O3. The summed E-state index contributed by atoms with van der Waals surface area (Å²) < 4.78 is 18.3. The fourth-order valence-corrected chi connectivity index (χ4v) is 3.68. The predicted octanol–water partition coefficient (Wildman–Crippen LogP) is 3.98. The highest BCUT2D eigenvalue weighted by Crippen LogP contribution is 2.28. The maximum atomic E-state index is 13.1. The first-order valence-corrected chi connectivity index (χ1v) is 11.1. The lowest BCUT2D eigenvalue weighted by atomic mass is 10.1. The number of rotatable bonds is 8. The third-order valence-electron chi connectivity index (χ3n) is 5.32. The number of methoxy groups -OCH3 is 1. The fourth-order valence-electron chi connectivity index (χ4n) is 3.68. The molecule has 1 saturated carbocycles. The van der Waals surface area contributed by atoms with Gasteiger partial charge < -0.3 is 20.7 Å². The van der Waals surface area contributed by atoms with Crippen molar-refractivity contribution in [1.82, 2.24) is 16.0 Å². The molecule has 0 aromatic heterocycles. The van der Waals surface area contributed by atoms with Gasteiger partial charge in [-0.2, -0.15) is 0 Å². The highest BCUT2D eigenvalue weighted by molar-refractivity contribution is 5.94. The molecule has 0 heterocycles. The molecule has 3 rings (SSSR count). The zero-order chi connectivity index (χ0) is 23.3. The van der Waals surface area contributed by atoms with Gasteiger partial charge in [-0.25, -0.2) is 4.39 Å². The van der Waals surface area contributed by atoms with E-state index in [-0.39, 0.29) is 23.7 Å². The minimum absolute atomic E-state index is 0.0936. The lowest BCUT2D eigenvalue weighted by Gasteiger charge is -2.21. The average molecular weight is 444 g/mol. The lowest BCUT2D eigenvalue weighted by molar-refractivity contribution is -0.118. The van der Waals surface area contributed by atoms with Crippen LogP contribution in [-0.2, 0) is 4.79 Å². The van der Waals surface area contributed by atoms with Crippen LogP contribution in [0.5, 0.6) is 5.75 Å². The summed E-state index contributed by atoms with van der Waals surface area (Å²) in [6.45, 7) is 4.44. The van der Waals surface area contributed by atoms with Crippen molar-refractivity contribution in [2.24, 2.45) is 0 Å². The van der Waals surface area contributed by atoms with Gasteiger partial charge in [-0.05, 0) is 38.0 Å². The molecule has 0 saturated heterocycles. The van der Waals surface area contributed by atoms with Crippen molar-refractivity contribution in [3.63, 3.8) is 0 Å². The molecule has 1 aliphatic carbocycles. The van der Waals surface area contributed by atoms with Crippen LogP contribution >= 0.6 is 0 Å². The zero-order valence-electron chi connectivity index (χ0n) is 19.1. The molecule has 174 valence electrons. The van der Waals surface area contributed by atoms with Crippen LogP contribution in [0.2, 0.25) is 0 Å². The van der Waals surface area contributed by atoms with Gasteiger partial charge in [0.25, 0.3) is 5.91 Å². The fraction of sp³-hybridized carbons (Fsp3) is 0.440. The third kappa shape index (κ3) is 8.67. The summed E-state index contributed by atoms with van der Waals surface area (Å²) >= 11 is 0. The Morgan fingerprint density at radius 2 is 1.72 bits per heavy atom. The van der Waals surface area contributed by atoms with Gasteiger partial charge in [0.2, 0.25) is 5.91 Å². The van der Waals surface area contributed by atoms with E-state index in [0.29, 0.717) is 30.4 Å². The molecule has 1 aliphatic rings. The minimum atomic E-state index is -0.251. The molecule has 32 heavy (non-hydrogen) atoms. The number of amides is 2. The maximum Gasteiger partial charge on any atom is 0.251 e. The second-order valence-electron chi connectivity index (χ2n) is 7.86. The van der Waals surface area contributed by atoms with Gasteiger partial charge >= 0.3 is 0 Å². The van der Waals surface area contributed by atoms with Crippen LogP contribution in [0.25, 0.3) is 0 Å². The van der Waals surface area contributed by atoms with Crippen molar-refractivity contribution in [3.8, 4) is 5.75 Å². The predicted molar refractivity (Wildman–Crippen MR) is 124 cm³/mol. The molecule has 1 atom stereocenters. The molecule has 6 nitrogen and oxygen atoms in total. The topological polar surface area (TPSA) is 79.5 Å². The SMILES string of the molecule is CC(=O)NCCNC(=O)c1ccccc1.COc1cc(F)ccc1C(C)NC1CCCC1. The summed E-state index contributed by atoms with van der Waals surface area (Å²) in [5.74, 6) is 0.159. The number of hydrogen-bond donors (Lipinski definition) is 3. The molecular weight excluding hydrogens is 409 g/mol. The number of benzene rings is 2. The van der Waals surface area contributed by atoms with Crippen molar-refractivity contribution in [2.45, 2.75) is 51.6 Å². The van der Waals surface area contributed by atoms with Crippen LogP contribution in [0.15, 0.2) is 48.5 Å². The monoisotopic (exact) mass is 443 g/mol. The van der Waals surface area contributed by atoms with Gasteiger partial charge in [-0.15, -0.1) is 0 Å². The normalized spacial score (nSPS) is 14.1. The summed E-state index contributed by atoms with van der Waals surface area (Å²) in [6, 6.07) is 14.5. The highest BCUT2D eigenvalue weighted by atomic mass is 19.1. The van der Waals surface area contributed by atoms with E-state index in [1.807, 2.05) is 18.2 Å². The number of halogens is 1. The van der Waals surface area contributed by atoms with Crippen molar-refractivity contribution in [2.75, 3.05) is 20.2 Å². The molecule has 2 aromatic carbocycles. The summed E-state index contributed by atoms with van der Waals surface area (Å²) in [7, 11) is 1.58. The molecule has 3 N–H and O–H groups in total. The molecule has 0 aliphatic heterocycles. The lowest BCUT2D eigenvalue weighted by Crippen LogP contribution is -2.33. The molecule has 0 spiro atoms. The third-order valence-corrected chi connectivity index (χ3v) is 5.32. The number of hydrogen-bond acceptors (Lipinski definition) is 4. The Morgan fingerprint density at radius 1 is 1.06 bits per heavy atom. The molecule has 1 fully saturated rings. The van der Waals surface area contributed by atoms with Crippen LogP contribution in [0.4, 0.5) is 4.39 Å². The van der Waals surface area contributed by atoms with Crippen LogP contribution in [0, 0.1) is 5.82 Å². The van der Waals surface area contributed by atoms with Gasteiger partial charge in [0.15, 0.2) is 0 Å². The Morgan fingerprint density at radius 3 is 2.34 bits per heavy atom. The smallest absolute Gasteiger partial charge is 0.251 e. The standard InChI is InChI=1S/C14H20FNO.C11H14N2O2/c1-10(16-12-5-3-4-6-12)13-8-7-11(15)9-14(13)17-2;1-9(14)12-7-8-13-11(15)10-5-3-2-4-6-10/h7-10,12,16H,3-6H2,1-2H3;2-6H,7-8H2,1H3,(H,12,14)(H,13,15). The average Bonchev–Trinajstić information content (AvgIpc) is 3.30. The number of nitrogens with one attached hydrogen (secondary N) is 3. The first-order chi connectivity index (χ1) is 15.4. The molecule has 2 amide bonds. The van der Waals surface area contributed by atoms with Crippen molar-refractivity contribution >= 4 is 11.8 Å². The van der Waals surface area contributed by atoms with Crippen LogP contribution in [0.3, 0.4) is 0 Å². The molecule has 0 radical (unpaired) electrons. The Labute approximate surface area is 189 Å². The van der Waals surface area contributed by atoms with E-state index < -0.39 is 0 Å². The maximum absolute atomic E-state index is 13.1.